The molecule has 2 fully saturated rings. The topological polar surface area (TPSA) is 107 Å². The minimum absolute atomic E-state index is 0.163. The van der Waals surface area contributed by atoms with E-state index in [0.29, 0.717) is 18.1 Å². The zero-order chi connectivity index (χ0) is 29.6. The van der Waals surface area contributed by atoms with Crippen LogP contribution in [0.4, 0.5) is 5.82 Å². The normalized spacial score (nSPS) is 21.6. The molecule has 1 atom stereocenters. The van der Waals surface area contributed by atoms with E-state index in [1.165, 1.54) is 17.5 Å². The first kappa shape index (κ1) is 30.4. The van der Waals surface area contributed by atoms with Crippen molar-refractivity contribution in [2.24, 2.45) is 5.92 Å². The number of ether oxygens (including phenoxy) is 1. The molecule has 0 unspecified atom stereocenters. The maximum Gasteiger partial charge on any atom is 0.326 e. The van der Waals surface area contributed by atoms with Crippen molar-refractivity contribution in [1.82, 2.24) is 20.1 Å². The van der Waals surface area contributed by atoms with Gasteiger partial charge in [-0.05, 0) is 93.7 Å². The maximum atomic E-state index is 13.2. The van der Waals surface area contributed by atoms with Crippen LogP contribution in [0.3, 0.4) is 0 Å². The molecule has 0 spiro atoms. The smallest absolute Gasteiger partial charge is 0.326 e. The highest BCUT2D eigenvalue weighted by atomic mass is 16.5. The number of carbonyl (C=O) groups is 2. The molecule has 228 valence electrons. The van der Waals surface area contributed by atoms with E-state index in [0.717, 1.165) is 94.0 Å². The summed E-state index contributed by atoms with van der Waals surface area (Å²) in [5, 5.41) is 16.0. The average molecular weight is 578 g/mol. The van der Waals surface area contributed by atoms with Gasteiger partial charge in [-0.25, -0.2) is 9.78 Å². The number of anilines is 1. The number of carboxylic acid groups (broad SMARTS) is 1. The summed E-state index contributed by atoms with van der Waals surface area (Å²) in [6.45, 7) is 10.2. The first-order valence-corrected chi connectivity index (χ1v) is 15.6. The van der Waals surface area contributed by atoms with Crippen molar-refractivity contribution in [3.8, 4) is 0 Å². The molecule has 9 nitrogen and oxygen atoms in total. The number of carboxylic acids is 1. The quantitative estimate of drug-likeness (QED) is 0.350. The van der Waals surface area contributed by atoms with Crippen LogP contribution in [-0.4, -0.2) is 90.3 Å². The zero-order valence-corrected chi connectivity index (χ0v) is 25.5. The van der Waals surface area contributed by atoms with Crippen LogP contribution in [0.2, 0.25) is 0 Å². The molecule has 9 heteroatoms. The monoisotopic (exact) mass is 577 g/mol. The third-order valence-corrected chi connectivity index (χ3v) is 9.14. The van der Waals surface area contributed by atoms with E-state index in [1.54, 1.807) is 0 Å². The highest BCUT2D eigenvalue weighted by Gasteiger charge is 2.30. The summed E-state index contributed by atoms with van der Waals surface area (Å²) in [4.78, 5) is 34.7. The number of pyridine rings is 1. The van der Waals surface area contributed by atoms with Crippen LogP contribution >= 0.6 is 0 Å². The van der Waals surface area contributed by atoms with E-state index >= 15 is 0 Å². The Bertz CT molecular complexity index is 1230. The molecular formula is C33H47N5O4. The van der Waals surface area contributed by atoms with Crippen LogP contribution in [-0.2, 0) is 28.9 Å². The largest absolute Gasteiger partial charge is 0.480 e. The molecule has 0 radical (unpaired) electrons. The highest BCUT2D eigenvalue weighted by Crippen LogP contribution is 2.34. The third-order valence-electron chi connectivity index (χ3n) is 9.14. The second-order valence-electron chi connectivity index (χ2n) is 12.5. The molecule has 3 aliphatic rings. The lowest BCUT2D eigenvalue weighted by atomic mass is 9.79. The summed E-state index contributed by atoms with van der Waals surface area (Å²) in [6, 6.07) is 7.50. The number of nitrogens with zero attached hydrogens (tertiary/aromatic N) is 3. The van der Waals surface area contributed by atoms with Gasteiger partial charge in [0.1, 0.15) is 11.9 Å². The summed E-state index contributed by atoms with van der Waals surface area (Å²) in [5.74, 6) is 0.295. The predicted octanol–water partition coefficient (Wildman–Crippen LogP) is 3.81. The van der Waals surface area contributed by atoms with Crippen molar-refractivity contribution < 1.29 is 19.4 Å². The number of hydrogen-bond acceptors (Lipinski definition) is 7. The van der Waals surface area contributed by atoms with E-state index < -0.39 is 12.0 Å². The molecule has 3 N–H and O–H groups in total. The number of aryl methyl sites for hydroxylation is 4. The molecule has 42 heavy (non-hydrogen) atoms. The van der Waals surface area contributed by atoms with Crippen LogP contribution in [0.1, 0.15) is 70.4 Å². The van der Waals surface area contributed by atoms with Crippen LogP contribution in [0.25, 0.3) is 0 Å². The second-order valence-corrected chi connectivity index (χ2v) is 12.5. The first-order chi connectivity index (χ1) is 20.2. The van der Waals surface area contributed by atoms with Gasteiger partial charge in [0.25, 0.3) is 5.91 Å². The van der Waals surface area contributed by atoms with Gasteiger partial charge in [0.2, 0.25) is 0 Å². The summed E-state index contributed by atoms with van der Waals surface area (Å²) < 4.78 is 6.00. The second kappa shape index (κ2) is 14.0. The van der Waals surface area contributed by atoms with Gasteiger partial charge in [0.15, 0.2) is 0 Å². The lowest BCUT2D eigenvalue weighted by Gasteiger charge is -2.35. The Kier molecular flexibility index (Phi) is 10.1. The lowest BCUT2D eigenvalue weighted by molar-refractivity contribution is -0.140. The van der Waals surface area contributed by atoms with Gasteiger partial charge in [0, 0.05) is 63.6 Å². The van der Waals surface area contributed by atoms with Gasteiger partial charge in [-0.15, -0.1) is 0 Å². The molecule has 1 saturated carbocycles. The van der Waals surface area contributed by atoms with Gasteiger partial charge >= 0.3 is 5.97 Å². The van der Waals surface area contributed by atoms with Crippen LogP contribution in [0.5, 0.6) is 0 Å². The number of hydrogen-bond donors (Lipinski definition) is 3. The van der Waals surface area contributed by atoms with Gasteiger partial charge in [-0.2, -0.15) is 0 Å². The molecule has 5 rings (SSSR count). The molecule has 1 aromatic carbocycles. The van der Waals surface area contributed by atoms with Crippen LogP contribution in [0, 0.1) is 19.8 Å². The Labute approximate surface area is 250 Å². The number of amides is 1. The minimum atomic E-state index is -1.03. The van der Waals surface area contributed by atoms with Crippen molar-refractivity contribution in [3.05, 3.63) is 57.8 Å². The summed E-state index contributed by atoms with van der Waals surface area (Å²) in [5.41, 5.74) is 5.96. The molecule has 1 saturated heterocycles. The number of likely N-dealkylation sites (N-methyl/N-ethyl adjacent to an activating group) is 1. The Hall–Kier alpha value is -3.01. The van der Waals surface area contributed by atoms with E-state index in [2.05, 4.69) is 51.7 Å². The fraction of sp³-hybridized carbons (Fsp3) is 0.606. The number of rotatable bonds is 12. The molecule has 1 amide bonds. The molecular weight excluding hydrogens is 530 g/mol. The molecule has 2 aliphatic heterocycles. The summed E-state index contributed by atoms with van der Waals surface area (Å²) >= 11 is 0. The van der Waals surface area contributed by atoms with E-state index in [1.807, 2.05) is 13.8 Å². The lowest BCUT2D eigenvalue weighted by Crippen LogP contribution is -2.44. The Morgan fingerprint density at radius 1 is 1.14 bits per heavy atom. The fourth-order valence-electron chi connectivity index (χ4n) is 6.51. The zero-order valence-electron chi connectivity index (χ0n) is 25.5. The van der Waals surface area contributed by atoms with E-state index in [4.69, 9.17) is 9.72 Å². The number of aromatic nitrogens is 1. The Morgan fingerprint density at radius 3 is 2.60 bits per heavy atom. The maximum absolute atomic E-state index is 13.2. The molecule has 1 aromatic heterocycles. The highest BCUT2D eigenvalue weighted by molar-refractivity contribution is 5.99. The number of benzene rings is 1. The number of piperazine rings is 1. The molecule has 3 heterocycles. The fourth-order valence-corrected chi connectivity index (χ4v) is 6.51. The standard InChI is InChI=1S/C33H47N5O4/c1-22-17-25(21-38-14-12-37(3)13-15-38)18-23(2)30(22)32(39)36-29(33(40)41)10-16-42-28-19-24(20-28)6-8-27-9-7-26-5-4-11-34-31(26)35-27/h7,9,17-18,24,28-29H,4-6,8,10-16,19-21H2,1-3H3,(H,34,35)(H,36,39)(H,40,41)/t24?,28?,29-/m0/s1. The molecule has 1 aliphatic carbocycles. The van der Waals surface area contributed by atoms with Crippen molar-refractivity contribution >= 4 is 17.7 Å². The Morgan fingerprint density at radius 2 is 1.88 bits per heavy atom. The Balaban J connectivity index is 1.04. The van der Waals surface area contributed by atoms with E-state index in [9.17, 15) is 14.7 Å². The number of fused-ring (bicyclic) bond motifs is 1. The number of aliphatic carboxylic acids is 1. The van der Waals surface area contributed by atoms with Gasteiger partial charge in [0.05, 0.1) is 6.10 Å². The van der Waals surface area contributed by atoms with Crippen LogP contribution < -0.4 is 10.6 Å². The van der Waals surface area contributed by atoms with Crippen molar-refractivity contribution in [2.45, 2.75) is 77.5 Å². The van der Waals surface area contributed by atoms with Crippen molar-refractivity contribution in [1.29, 1.82) is 0 Å². The van der Waals surface area contributed by atoms with Gasteiger partial charge in [-0.1, -0.05) is 18.2 Å². The van der Waals surface area contributed by atoms with Crippen molar-refractivity contribution in [2.75, 3.05) is 51.7 Å². The van der Waals surface area contributed by atoms with E-state index in [-0.39, 0.29) is 18.4 Å². The SMILES string of the molecule is Cc1cc(CN2CCN(C)CC2)cc(C)c1C(=O)N[C@@H](CCOC1CC(CCc2ccc3c(n2)NCCC3)C1)C(=O)O. The molecule has 0 bridgehead atoms. The summed E-state index contributed by atoms with van der Waals surface area (Å²) in [7, 11) is 2.15. The molecule has 2 aromatic rings. The van der Waals surface area contributed by atoms with Gasteiger partial charge in [-0.3, -0.25) is 9.69 Å². The van der Waals surface area contributed by atoms with Gasteiger partial charge < -0.3 is 25.4 Å². The van der Waals surface area contributed by atoms with Crippen LogP contribution in [0.15, 0.2) is 24.3 Å². The average Bonchev–Trinajstić information content (AvgIpc) is 2.93. The summed E-state index contributed by atoms with van der Waals surface area (Å²) in [6.07, 6.45) is 6.72. The first-order valence-electron chi connectivity index (χ1n) is 15.6. The predicted molar refractivity (Wildman–Crippen MR) is 164 cm³/mol. The number of carbonyl (C=O) groups excluding carboxylic acids is 1. The third kappa shape index (κ3) is 7.88. The van der Waals surface area contributed by atoms with Crippen molar-refractivity contribution in [3.63, 3.8) is 0 Å². The number of nitrogens with one attached hydrogen (secondary N) is 2. The minimum Gasteiger partial charge on any atom is -0.480 e.